The maximum atomic E-state index is 5.77. The molecule has 3 rings (SSSR count). The van der Waals surface area contributed by atoms with E-state index in [-0.39, 0.29) is 0 Å². The lowest BCUT2D eigenvalue weighted by Crippen LogP contribution is -2.06. The number of nitrogens with zero attached hydrogens (tertiary/aromatic N) is 4. The molecular weight excluding hydrogens is 278 g/mol. The Hall–Kier alpha value is -2.73. The third kappa shape index (κ3) is 3.29. The van der Waals surface area contributed by atoms with Crippen LogP contribution in [0.2, 0.25) is 0 Å². The molecule has 6 nitrogen and oxygen atoms in total. The monoisotopic (exact) mass is 295 g/mol. The van der Waals surface area contributed by atoms with Gasteiger partial charge in [-0.1, -0.05) is 18.2 Å². The Morgan fingerprint density at radius 1 is 0.955 bits per heavy atom. The van der Waals surface area contributed by atoms with Gasteiger partial charge < -0.3 is 10.5 Å². The summed E-state index contributed by atoms with van der Waals surface area (Å²) in [4.78, 5) is 0. The number of aryl methyl sites for hydroxylation is 1. The summed E-state index contributed by atoms with van der Waals surface area (Å²) in [6, 6.07) is 17.3. The van der Waals surface area contributed by atoms with Crippen molar-refractivity contribution < 1.29 is 4.74 Å². The summed E-state index contributed by atoms with van der Waals surface area (Å²) in [5.74, 6) is 2.38. The summed E-state index contributed by atoms with van der Waals surface area (Å²) in [7, 11) is 0. The summed E-state index contributed by atoms with van der Waals surface area (Å²) in [5, 5.41) is 11.8. The molecule has 0 aliphatic rings. The van der Waals surface area contributed by atoms with Crippen LogP contribution in [0.25, 0.3) is 5.69 Å². The van der Waals surface area contributed by atoms with E-state index in [2.05, 4.69) is 15.5 Å². The van der Waals surface area contributed by atoms with Gasteiger partial charge in [0.2, 0.25) is 0 Å². The fourth-order valence-corrected chi connectivity index (χ4v) is 2.10. The van der Waals surface area contributed by atoms with Gasteiger partial charge >= 0.3 is 0 Å². The predicted molar refractivity (Wildman–Crippen MR) is 83.0 cm³/mol. The average Bonchev–Trinajstić information content (AvgIpc) is 3.03. The minimum absolute atomic E-state index is 0.622. The molecule has 0 atom stereocenters. The van der Waals surface area contributed by atoms with Crippen molar-refractivity contribution in [3.05, 3.63) is 60.4 Å². The van der Waals surface area contributed by atoms with E-state index in [0.29, 0.717) is 6.54 Å². The molecule has 0 saturated heterocycles. The summed E-state index contributed by atoms with van der Waals surface area (Å²) >= 11 is 0. The van der Waals surface area contributed by atoms with Gasteiger partial charge in [0.25, 0.3) is 0 Å². The van der Waals surface area contributed by atoms with Gasteiger partial charge in [0, 0.05) is 6.42 Å². The predicted octanol–water partition coefficient (Wildman–Crippen LogP) is 2.35. The van der Waals surface area contributed by atoms with Gasteiger partial charge in [0.1, 0.15) is 11.5 Å². The Kier molecular flexibility index (Phi) is 4.41. The highest BCUT2D eigenvalue weighted by atomic mass is 16.5. The molecule has 0 aliphatic carbocycles. The third-order valence-corrected chi connectivity index (χ3v) is 3.20. The number of hydrogen-bond acceptors (Lipinski definition) is 5. The minimum atomic E-state index is 0.622. The second-order valence-electron chi connectivity index (χ2n) is 4.81. The number of hydrogen-bond donors (Lipinski definition) is 1. The molecule has 2 N–H and O–H groups in total. The van der Waals surface area contributed by atoms with Gasteiger partial charge in [-0.05, 0) is 59.8 Å². The minimum Gasteiger partial charge on any atom is -0.457 e. The molecule has 0 radical (unpaired) electrons. The highest BCUT2D eigenvalue weighted by Gasteiger charge is 2.08. The zero-order valence-electron chi connectivity index (χ0n) is 12.1. The Balaban J connectivity index is 1.75. The van der Waals surface area contributed by atoms with Crippen LogP contribution in [0.3, 0.4) is 0 Å². The first kappa shape index (κ1) is 14.2. The van der Waals surface area contributed by atoms with Crippen LogP contribution in [0.1, 0.15) is 12.2 Å². The molecule has 22 heavy (non-hydrogen) atoms. The number of rotatable bonds is 6. The molecule has 0 fully saturated rings. The summed E-state index contributed by atoms with van der Waals surface area (Å²) in [6.07, 6.45) is 1.61. The maximum Gasteiger partial charge on any atom is 0.156 e. The van der Waals surface area contributed by atoms with Crippen LogP contribution >= 0.6 is 0 Å². The highest BCUT2D eigenvalue weighted by molar-refractivity contribution is 5.39. The van der Waals surface area contributed by atoms with Crippen molar-refractivity contribution in [3.63, 3.8) is 0 Å². The van der Waals surface area contributed by atoms with E-state index < -0.39 is 0 Å². The largest absolute Gasteiger partial charge is 0.457 e. The normalized spacial score (nSPS) is 10.6. The van der Waals surface area contributed by atoms with E-state index in [4.69, 9.17) is 10.5 Å². The summed E-state index contributed by atoms with van der Waals surface area (Å²) in [5.41, 5.74) is 6.43. The quantitative estimate of drug-likeness (QED) is 0.755. The van der Waals surface area contributed by atoms with Crippen molar-refractivity contribution in [2.45, 2.75) is 12.8 Å². The molecule has 6 heteroatoms. The van der Waals surface area contributed by atoms with E-state index in [1.165, 1.54) is 0 Å². The smallest absolute Gasteiger partial charge is 0.156 e. The number of aromatic nitrogens is 4. The average molecular weight is 295 g/mol. The fourth-order valence-electron chi connectivity index (χ4n) is 2.10. The Morgan fingerprint density at radius 2 is 1.68 bits per heavy atom. The molecule has 0 unspecified atom stereocenters. The second kappa shape index (κ2) is 6.82. The topological polar surface area (TPSA) is 78.9 Å². The molecule has 0 spiro atoms. The van der Waals surface area contributed by atoms with E-state index in [0.717, 1.165) is 35.9 Å². The molecule has 2 aromatic carbocycles. The zero-order chi connectivity index (χ0) is 15.2. The number of ether oxygens (including phenoxy) is 1. The number of nitrogens with two attached hydrogens (primary N) is 1. The lowest BCUT2D eigenvalue weighted by Gasteiger charge is -2.07. The molecule has 1 aromatic heterocycles. The molecule has 112 valence electrons. The Morgan fingerprint density at radius 3 is 2.41 bits per heavy atom. The standard InChI is InChI=1S/C16H17N5O/c17-12-4-7-16-18-19-20-21(16)13-8-10-15(11-9-13)22-14-5-2-1-3-6-14/h1-3,5-6,8-11H,4,7,12,17H2. The fraction of sp³-hybridized carbons (Fsp3) is 0.188. The van der Waals surface area contributed by atoms with Crippen molar-refractivity contribution in [1.29, 1.82) is 0 Å². The lowest BCUT2D eigenvalue weighted by molar-refractivity contribution is 0.482. The van der Waals surface area contributed by atoms with Crippen molar-refractivity contribution in [2.24, 2.45) is 5.73 Å². The SMILES string of the molecule is NCCCc1nnnn1-c1ccc(Oc2ccccc2)cc1. The van der Waals surface area contributed by atoms with Crippen LogP contribution in [0.5, 0.6) is 11.5 Å². The molecule has 0 aliphatic heterocycles. The third-order valence-electron chi connectivity index (χ3n) is 3.20. The van der Waals surface area contributed by atoms with Crippen LogP contribution in [0.15, 0.2) is 54.6 Å². The molecule has 0 saturated carbocycles. The van der Waals surface area contributed by atoms with E-state index in [9.17, 15) is 0 Å². The van der Waals surface area contributed by atoms with Gasteiger partial charge in [0.05, 0.1) is 5.69 Å². The van der Waals surface area contributed by atoms with Crippen LogP contribution in [0, 0.1) is 0 Å². The van der Waals surface area contributed by atoms with Gasteiger partial charge in [0.15, 0.2) is 5.82 Å². The second-order valence-corrected chi connectivity index (χ2v) is 4.81. The van der Waals surface area contributed by atoms with Crippen molar-refractivity contribution in [1.82, 2.24) is 20.2 Å². The van der Waals surface area contributed by atoms with Crippen molar-refractivity contribution >= 4 is 0 Å². The van der Waals surface area contributed by atoms with Gasteiger partial charge in [-0.3, -0.25) is 0 Å². The first-order chi connectivity index (χ1) is 10.9. The highest BCUT2D eigenvalue weighted by Crippen LogP contribution is 2.22. The maximum absolute atomic E-state index is 5.77. The molecule has 0 amide bonds. The first-order valence-electron chi connectivity index (χ1n) is 7.17. The van der Waals surface area contributed by atoms with Crippen LogP contribution in [0.4, 0.5) is 0 Å². The summed E-state index contributed by atoms with van der Waals surface area (Å²) < 4.78 is 7.49. The Labute approximate surface area is 128 Å². The van der Waals surface area contributed by atoms with E-state index >= 15 is 0 Å². The lowest BCUT2D eigenvalue weighted by atomic mass is 10.2. The molecule has 0 bridgehead atoms. The first-order valence-corrected chi connectivity index (χ1v) is 7.17. The summed E-state index contributed by atoms with van der Waals surface area (Å²) in [6.45, 7) is 0.622. The molecular formula is C16H17N5O. The van der Waals surface area contributed by atoms with Gasteiger partial charge in [-0.25, -0.2) is 0 Å². The molecule has 3 aromatic rings. The van der Waals surface area contributed by atoms with Crippen LogP contribution < -0.4 is 10.5 Å². The number of para-hydroxylation sites is 1. The van der Waals surface area contributed by atoms with E-state index in [1.807, 2.05) is 54.6 Å². The van der Waals surface area contributed by atoms with Gasteiger partial charge in [-0.15, -0.1) is 5.10 Å². The van der Waals surface area contributed by atoms with Gasteiger partial charge in [-0.2, -0.15) is 4.68 Å². The van der Waals surface area contributed by atoms with Crippen LogP contribution in [-0.4, -0.2) is 26.8 Å². The Bertz CT molecular complexity index is 709. The zero-order valence-corrected chi connectivity index (χ0v) is 12.1. The number of tetrazole rings is 1. The molecule has 1 heterocycles. The van der Waals surface area contributed by atoms with E-state index in [1.54, 1.807) is 4.68 Å². The van der Waals surface area contributed by atoms with Crippen molar-refractivity contribution in [3.8, 4) is 17.2 Å². The van der Waals surface area contributed by atoms with Crippen LogP contribution in [-0.2, 0) is 6.42 Å². The number of benzene rings is 2. The van der Waals surface area contributed by atoms with Crippen molar-refractivity contribution in [2.75, 3.05) is 6.54 Å².